The maximum absolute atomic E-state index is 10.5. The van der Waals surface area contributed by atoms with Gasteiger partial charge >= 0.3 is 0 Å². The topological polar surface area (TPSA) is 51.0 Å². The molecule has 0 spiro atoms. The van der Waals surface area contributed by atoms with Gasteiger partial charge in [0, 0.05) is 13.0 Å². The molecule has 2 aromatic rings. The Morgan fingerprint density at radius 3 is 2.83 bits per heavy atom. The smallest absolute Gasteiger partial charge is 0.157 e. The summed E-state index contributed by atoms with van der Waals surface area (Å²) < 4.78 is 2.08. The molecule has 0 amide bonds. The van der Waals surface area contributed by atoms with Crippen molar-refractivity contribution in [3.63, 3.8) is 0 Å². The van der Waals surface area contributed by atoms with Crippen LogP contribution in [-0.4, -0.2) is 27.6 Å². The number of benzene rings is 1. The van der Waals surface area contributed by atoms with E-state index >= 15 is 0 Å². The van der Waals surface area contributed by atoms with Crippen molar-refractivity contribution in [2.75, 3.05) is 11.4 Å². The number of para-hydroxylation sites is 2. The van der Waals surface area contributed by atoms with Crippen molar-refractivity contribution in [3.8, 4) is 5.69 Å². The third-order valence-electron chi connectivity index (χ3n) is 3.20. The fraction of sp³-hybridized carbons (Fsp3) is 0.308. The Morgan fingerprint density at radius 1 is 1.28 bits per heavy atom. The Hall–Kier alpha value is -2.17. The molecule has 1 aliphatic heterocycles. The molecule has 5 nitrogen and oxygen atoms in total. The first-order chi connectivity index (χ1) is 8.81. The lowest BCUT2D eigenvalue weighted by atomic mass is 10.2. The summed E-state index contributed by atoms with van der Waals surface area (Å²) >= 11 is 0. The van der Waals surface area contributed by atoms with E-state index in [0.29, 0.717) is 19.5 Å². The van der Waals surface area contributed by atoms with Crippen molar-refractivity contribution in [2.24, 2.45) is 0 Å². The molecule has 0 aliphatic carbocycles. The predicted octanol–water partition coefficient (Wildman–Crippen LogP) is 1.48. The van der Waals surface area contributed by atoms with Gasteiger partial charge in [-0.25, -0.2) is 0 Å². The number of hydrogen-bond donors (Lipinski definition) is 0. The summed E-state index contributed by atoms with van der Waals surface area (Å²) in [4.78, 5) is 12.7. The highest BCUT2D eigenvalue weighted by molar-refractivity contribution is 5.66. The molecule has 0 N–H and O–H groups in total. The zero-order valence-corrected chi connectivity index (χ0v) is 10.2. The van der Waals surface area contributed by atoms with Crippen LogP contribution in [0.2, 0.25) is 0 Å². The van der Waals surface area contributed by atoms with Crippen LogP contribution in [0.3, 0.4) is 0 Å². The minimum Gasteiger partial charge on any atom is -0.362 e. The molecular weight excluding hydrogens is 228 g/mol. The Labute approximate surface area is 105 Å². The van der Waals surface area contributed by atoms with E-state index in [9.17, 15) is 4.79 Å². The molecule has 1 aromatic heterocycles. The van der Waals surface area contributed by atoms with Crippen LogP contribution >= 0.6 is 0 Å². The van der Waals surface area contributed by atoms with Crippen molar-refractivity contribution in [3.05, 3.63) is 35.9 Å². The van der Waals surface area contributed by atoms with Gasteiger partial charge in [0.1, 0.15) is 12.1 Å². The molecule has 92 valence electrons. The largest absolute Gasteiger partial charge is 0.362 e. The quantitative estimate of drug-likeness (QED) is 0.765. The number of aldehydes is 1. The van der Waals surface area contributed by atoms with E-state index in [1.165, 1.54) is 0 Å². The van der Waals surface area contributed by atoms with Gasteiger partial charge < -0.3 is 9.69 Å². The molecular formula is C13H14N4O. The lowest BCUT2D eigenvalue weighted by Crippen LogP contribution is -2.31. The monoisotopic (exact) mass is 242 g/mol. The Bertz CT molecular complexity index is 590. The number of carbonyl (C=O) groups is 1. The number of carbonyl (C=O) groups excluding carboxylic acids is 1. The number of nitrogens with zero attached hydrogens (tertiary/aromatic N) is 4. The van der Waals surface area contributed by atoms with E-state index in [2.05, 4.69) is 31.8 Å². The molecule has 0 saturated heterocycles. The SMILES string of the molecule is Cc1nnc2n1-c1ccccc1N(CCC=O)C2. The second kappa shape index (κ2) is 4.25. The van der Waals surface area contributed by atoms with Gasteiger partial charge in [0.2, 0.25) is 0 Å². The predicted molar refractivity (Wildman–Crippen MR) is 67.8 cm³/mol. The van der Waals surface area contributed by atoms with Gasteiger partial charge in [0.05, 0.1) is 17.9 Å². The minimum absolute atomic E-state index is 0.529. The van der Waals surface area contributed by atoms with Gasteiger partial charge in [0.25, 0.3) is 0 Å². The van der Waals surface area contributed by atoms with Crippen molar-refractivity contribution in [1.29, 1.82) is 0 Å². The summed E-state index contributed by atoms with van der Waals surface area (Å²) in [6, 6.07) is 8.15. The second-order valence-electron chi connectivity index (χ2n) is 4.36. The molecule has 1 aromatic carbocycles. The van der Waals surface area contributed by atoms with Crippen LogP contribution in [0, 0.1) is 6.92 Å². The van der Waals surface area contributed by atoms with Crippen LogP contribution in [0.1, 0.15) is 18.1 Å². The number of rotatable bonds is 3. The summed E-state index contributed by atoms with van der Waals surface area (Å²) in [5.74, 6) is 1.82. The molecule has 0 bridgehead atoms. The molecule has 5 heteroatoms. The number of aryl methyl sites for hydroxylation is 1. The minimum atomic E-state index is 0.529. The van der Waals surface area contributed by atoms with Crippen LogP contribution in [-0.2, 0) is 11.3 Å². The Balaban J connectivity index is 2.09. The summed E-state index contributed by atoms with van der Waals surface area (Å²) in [6.07, 6.45) is 1.48. The first-order valence-electron chi connectivity index (χ1n) is 6.00. The molecule has 18 heavy (non-hydrogen) atoms. The van der Waals surface area contributed by atoms with E-state index in [0.717, 1.165) is 29.3 Å². The fourth-order valence-corrected chi connectivity index (χ4v) is 2.41. The van der Waals surface area contributed by atoms with Gasteiger partial charge in [0.15, 0.2) is 5.82 Å². The molecule has 0 atom stereocenters. The zero-order chi connectivity index (χ0) is 12.5. The van der Waals surface area contributed by atoms with E-state index < -0.39 is 0 Å². The second-order valence-corrected chi connectivity index (χ2v) is 4.36. The number of aromatic nitrogens is 3. The van der Waals surface area contributed by atoms with Crippen LogP contribution in [0.15, 0.2) is 24.3 Å². The van der Waals surface area contributed by atoms with E-state index in [4.69, 9.17) is 0 Å². The summed E-state index contributed by atoms with van der Waals surface area (Å²) in [5, 5.41) is 8.33. The Kier molecular flexibility index (Phi) is 2.59. The van der Waals surface area contributed by atoms with Gasteiger partial charge in [-0.1, -0.05) is 12.1 Å². The van der Waals surface area contributed by atoms with Gasteiger partial charge in [-0.15, -0.1) is 10.2 Å². The van der Waals surface area contributed by atoms with E-state index in [-0.39, 0.29) is 0 Å². The van der Waals surface area contributed by atoms with Crippen molar-refractivity contribution in [1.82, 2.24) is 14.8 Å². The fourth-order valence-electron chi connectivity index (χ4n) is 2.41. The first kappa shape index (κ1) is 11.0. The van der Waals surface area contributed by atoms with Crippen LogP contribution < -0.4 is 4.90 Å². The summed E-state index contributed by atoms with van der Waals surface area (Å²) in [5.41, 5.74) is 2.22. The van der Waals surface area contributed by atoms with Crippen molar-refractivity contribution in [2.45, 2.75) is 19.9 Å². The van der Waals surface area contributed by atoms with Crippen molar-refractivity contribution >= 4 is 12.0 Å². The van der Waals surface area contributed by atoms with Crippen LogP contribution in [0.25, 0.3) is 5.69 Å². The molecule has 0 saturated carbocycles. The number of hydrogen-bond acceptors (Lipinski definition) is 4. The van der Waals surface area contributed by atoms with E-state index in [1.54, 1.807) is 0 Å². The third-order valence-corrected chi connectivity index (χ3v) is 3.20. The summed E-state index contributed by atoms with van der Waals surface area (Å²) in [7, 11) is 0. The Morgan fingerprint density at radius 2 is 2.06 bits per heavy atom. The molecule has 0 radical (unpaired) electrons. The number of anilines is 1. The lowest BCUT2D eigenvalue weighted by Gasteiger charge is -2.31. The lowest BCUT2D eigenvalue weighted by molar-refractivity contribution is -0.107. The highest BCUT2D eigenvalue weighted by Crippen LogP contribution is 2.31. The molecule has 1 aliphatic rings. The molecule has 2 heterocycles. The molecule has 0 fully saturated rings. The first-order valence-corrected chi connectivity index (χ1v) is 6.00. The highest BCUT2D eigenvalue weighted by Gasteiger charge is 2.23. The average Bonchev–Trinajstić information content (AvgIpc) is 2.78. The standard InChI is InChI=1S/C13H14N4O/c1-10-14-15-13-9-16(7-4-8-18)11-5-2-3-6-12(11)17(10)13/h2-3,5-6,8H,4,7,9H2,1H3. The van der Waals surface area contributed by atoms with E-state index in [1.807, 2.05) is 19.1 Å². The molecule has 0 unspecified atom stereocenters. The molecule has 3 rings (SSSR count). The average molecular weight is 242 g/mol. The van der Waals surface area contributed by atoms with Crippen molar-refractivity contribution < 1.29 is 4.79 Å². The highest BCUT2D eigenvalue weighted by atomic mass is 16.1. The van der Waals surface area contributed by atoms with Crippen LogP contribution in [0.5, 0.6) is 0 Å². The summed E-state index contributed by atoms with van der Waals surface area (Å²) in [6.45, 7) is 3.37. The maximum Gasteiger partial charge on any atom is 0.157 e. The third kappa shape index (κ3) is 1.59. The van der Waals surface area contributed by atoms with Gasteiger partial charge in [-0.3, -0.25) is 4.57 Å². The van der Waals surface area contributed by atoms with Crippen LogP contribution in [0.4, 0.5) is 5.69 Å². The normalized spacial score (nSPS) is 13.1. The maximum atomic E-state index is 10.5. The van der Waals surface area contributed by atoms with Gasteiger partial charge in [-0.05, 0) is 19.1 Å². The number of fused-ring (bicyclic) bond motifs is 3. The zero-order valence-electron chi connectivity index (χ0n) is 10.2. The van der Waals surface area contributed by atoms with Gasteiger partial charge in [-0.2, -0.15) is 0 Å².